The Balaban J connectivity index is 1.29. The Hall–Kier alpha value is -3.80. The van der Waals surface area contributed by atoms with Crippen molar-refractivity contribution in [2.75, 3.05) is 18.2 Å². The molecule has 1 saturated heterocycles. The van der Waals surface area contributed by atoms with Crippen LogP contribution in [0.2, 0.25) is 0 Å². The van der Waals surface area contributed by atoms with E-state index < -0.39 is 49.5 Å². The van der Waals surface area contributed by atoms with E-state index in [1.54, 1.807) is 18.2 Å². The van der Waals surface area contributed by atoms with Crippen molar-refractivity contribution in [3.05, 3.63) is 36.7 Å². The van der Waals surface area contributed by atoms with Gasteiger partial charge in [-0.05, 0) is 31.9 Å². The lowest BCUT2D eigenvalue weighted by Gasteiger charge is -2.31. The predicted molar refractivity (Wildman–Crippen MR) is 142 cm³/mol. The second-order valence-electron chi connectivity index (χ2n) is 10.1. The summed E-state index contributed by atoms with van der Waals surface area (Å²) in [6.45, 7) is 1.37. The molecule has 16 heteroatoms. The quantitative estimate of drug-likeness (QED) is 0.153. The summed E-state index contributed by atoms with van der Waals surface area (Å²) in [5, 5.41) is 17.1. The summed E-state index contributed by atoms with van der Waals surface area (Å²) in [5.41, 5.74) is 1.02. The van der Waals surface area contributed by atoms with Crippen molar-refractivity contribution < 1.29 is 37.4 Å². The SMILES string of the molecule is C#C[C@]1(F)[C@H](n2cnc3c(NC4CC4)nc(N)nc32)O[C@@H]2C(OP(=O)(N[C@@H](C)C(=O)OC)Oc3ccccc3)[C@@]21O. The molecule has 0 bridgehead atoms. The molecule has 3 aliphatic rings. The first-order chi connectivity index (χ1) is 19.5. The van der Waals surface area contributed by atoms with Crippen LogP contribution in [-0.2, 0) is 23.4 Å². The van der Waals surface area contributed by atoms with Crippen LogP contribution < -0.4 is 20.7 Å². The number of alkyl halides is 1. The molecule has 7 atom stereocenters. The number of nitrogens with two attached hydrogens (primary N) is 1. The minimum atomic E-state index is -4.45. The van der Waals surface area contributed by atoms with Gasteiger partial charge < -0.3 is 30.2 Å². The number of ether oxygens (including phenoxy) is 2. The van der Waals surface area contributed by atoms with E-state index in [9.17, 15) is 14.5 Å². The van der Waals surface area contributed by atoms with Gasteiger partial charge in [-0.3, -0.25) is 13.9 Å². The first-order valence-corrected chi connectivity index (χ1v) is 14.3. The Kier molecular flexibility index (Phi) is 6.44. The lowest BCUT2D eigenvalue weighted by atomic mass is 9.96. The van der Waals surface area contributed by atoms with Crippen molar-refractivity contribution in [2.24, 2.45) is 0 Å². The van der Waals surface area contributed by atoms with E-state index in [0.717, 1.165) is 20.0 Å². The fourth-order valence-corrected chi connectivity index (χ4v) is 6.56. The molecule has 2 aliphatic carbocycles. The van der Waals surface area contributed by atoms with Gasteiger partial charge in [0.1, 0.15) is 24.0 Å². The second kappa shape index (κ2) is 9.64. The number of esters is 1. The molecule has 2 aromatic heterocycles. The maximum absolute atomic E-state index is 16.7. The first-order valence-electron chi connectivity index (χ1n) is 12.7. The molecule has 41 heavy (non-hydrogen) atoms. The average molecular weight is 588 g/mol. The van der Waals surface area contributed by atoms with Gasteiger partial charge in [-0.2, -0.15) is 15.1 Å². The van der Waals surface area contributed by atoms with Crippen molar-refractivity contribution in [2.45, 2.75) is 61.6 Å². The number of anilines is 2. The number of aromatic nitrogens is 4. The highest BCUT2D eigenvalue weighted by Gasteiger charge is 2.87. The highest BCUT2D eigenvalue weighted by molar-refractivity contribution is 7.52. The lowest BCUT2D eigenvalue weighted by Crippen LogP contribution is -2.47. The molecule has 3 heterocycles. The molecule has 2 saturated carbocycles. The number of halogens is 1. The Morgan fingerprint density at radius 2 is 2.10 bits per heavy atom. The number of aliphatic hydroxyl groups is 1. The average Bonchev–Trinajstić information content (AvgIpc) is 3.78. The maximum atomic E-state index is 16.7. The van der Waals surface area contributed by atoms with Gasteiger partial charge >= 0.3 is 13.7 Å². The van der Waals surface area contributed by atoms with Crippen LogP contribution in [0.25, 0.3) is 11.2 Å². The number of para-hydroxylation sites is 1. The molecule has 1 aromatic carbocycles. The zero-order chi connectivity index (χ0) is 29.2. The summed E-state index contributed by atoms with van der Waals surface area (Å²) in [7, 11) is -3.30. The van der Waals surface area contributed by atoms with Crippen molar-refractivity contribution in [1.29, 1.82) is 0 Å². The van der Waals surface area contributed by atoms with Gasteiger partial charge in [0.15, 0.2) is 28.8 Å². The van der Waals surface area contributed by atoms with Crippen LogP contribution in [0.3, 0.4) is 0 Å². The number of benzene rings is 1. The molecule has 14 nitrogen and oxygen atoms in total. The molecule has 1 aliphatic heterocycles. The Bertz CT molecular complexity index is 1600. The van der Waals surface area contributed by atoms with Gasteiger partial charge in [0.25, 0.3) is 0 Å². The Labute approximate surface area is 233 Å². The minimum absolute atomic E-state index is 0.0829. The fourth-order valence-electron chi connectivity index (χ4n) is 4.85. The molecular formula is C25H27FN7O7P. The lowest BCUT2D eigenvalue weighted by molar-refractivity contribution is -0.142. The summed E-state index contributed by atoms with van der Waals surface area (Å²) in [4.78, 5) is 24.7. The molecule has 0 amide bonds. The number of nitrogens with one attached hydrogen (secondary N) is 2. The number of carbonyl (C=O) groups excluding carboxylic acids is 1. The van der Waals surface area contributed by atoms with Crippen LogP contribution in [0.5, 0.6) is 5.75 Å². The van der Waals surface area contributed by atoms with Crippen LogP contribution in [0, 0.1) is 12.3 Å². The topological polar surface area (TPSA) is 185 Å². The summed E-state index contributed by atoms with van der Waals surface area (Å²) in [5.74, 6) is 1.66. The van der Waals surface area contributed by atoms with Gasteiger partial charge in [0.2, 0.25) is 11.6 Å². The monoisotopic (exact) mass is 587 g/mol. The predicted octanol–water partition coefficient (Wildman–Crippen LogP) is 1.69. The highest BCUT2D eigenvalue weighted by Crippen LogP contribution is 2.66. The minimum Gasteiger partial charge on any atom is -0.468 e. The van der Waals surface area contributed by atoms with Gasteiger partial charge in [-0.15, -0.1) is 6.42 Å². The number of terminal acetylenes is 1. The molecule has 216 valence electrons. The van der Waals surface area contributed by atoms with Crippen molar-refractivity contribution >= 4 is 36.6 Å². The maximum Gasteiger partial charge on any atom is 0.459 e. The van der Waals surface area contributed by atoms with Crippen LogP contribution in [0.4, 0.5) is 16.2 Å². The van der Waals surface area contributed by atoms with E-state index in [1.807, 2.05) is 5.92 Å². The molecule has 6 rings (SSSR count). The molecule has 3 aromatic rings. The van der Waals surface area contributed by atoms with E-state index in [0.29, 0.717) is 11.3 Å². The van der Waals surface area contributed by atoms with E-state index in [2.05, 4.69) is 30.1 Å². The normalized spacial score (nSPS) is 30.6. The molecule has 3 fully saturated rings. The van der Waals surface area contributed by atoms with Crippen LogP contribution in [-0.4, -0.2) is 73.3 Å². The molecule has 0 spiro atoms. The second-order valence-corrected chi connectivity index (χ2v) is 11.7. The number of rotatable bonds is 10. The summed E-state index contributed by atoms with van der Waals surface area (Å²) < 4.78 is 53.5. The highest BCUT2D eigenvalue weighted by atomic mass is 31.2. The molecule has 5 N–H and O–H groups in total. The summed E-state index contributed by atoms with van der Waals surface area (Å²) >= 11 is 0. The van der Waals surface area contributed by atoms with Crippen LogP contribution in [0.1, 0.15) is 26.0 Å². The van der Waals surface area contributed by atoms with Crippen LogP contribution in [0.15, 0.2) is 36.7 Å². The van der Waals surface area contributed by atoms with Crippen molar-refractivity contribution in [3.63, 3.8) is 0 Å². The third kappa shape index (κ3) is 4.48. The molecular weight excluding hydrogens is 560 g/mol. The number of hydrogen-bond donors (Lipinski definition) is 4. The zero-order valence-corrected chi connectivity index (χ0v) is 22.8. The zero-order valence-electron chi connectivity index (χ0n) is 21.9. The Morgan fingerprint density at radius 1 is 1.37 bits per heavy atom. The summed E-state index contributed by atoms with van der Waals surface area (Å²) in [6.07, 6.45) is 4.33. The fraction of sp³-hybridized carbons (Fsp3) is 0.440. The number of imidazole rings is 1. The van der Waals surface area contributed by atoms with E-state index >= 15 is 4.39 Å². The number of nitrogen functional groups attached to an aromatic ring is 1. The van der Waals surface area contributed by atoms with E-state index in [1.165, 1.54) is 30.0 Å². The van der Waals surface area contributed by atoms with Gasteiger partial charge in [0.05, 0.1) is 13.4 Å². The Morgan fingerprint density at radius 3 is 2.76 bits per heavy atom. The number of methoxy groups -OCH3 is 1. The third-order valence-electron chi connectivity index (χ3n) is 7.18. The number of nitrogens with zero attached hydrogens (tertiary/aromatic N) is 4. The van der Waals surface area contributed by atoms with Crippen molar-refractivity contribution in [3.8, 4) is 18.1 Å². The van der Waals surface area contributed by atoms with Gasteiger partial charge in [-0.25, -0.2) is 13.9 Å². The molecule has 2 unspecified atom stereocenters. The third-order valence-corrected chi connectivity index (χ3v) is 8.84. The van der Waals surface area contributed by atoms with Gasteiger partial charge in [0, 0.05) is 6.04 Å². The van der Waals surface area contributed by atoms with Gasteiger partial charge in [-0.1, -0.05) is 24.1 Å². The van der Waals surface area contributed by atoms with E-state index in [4.69, 9.17) is 25.9 Å². The standard InChI is InChI=1S/C25H27FN7O7P/c1-4-24(26)22(33-12-28-16-19(29-14-10-11-14)30-23(27)31-20(16)33)38-17-18(25(17,24)35)40-41(36,32-13(2)21(34)37-3)39-15-8-6-5-7-9-15/h1,5-9,12-14,17-18,22,35H,10-11H2,2-3H3,(H,32,36)(H3,27,29,30,31)/t13-,17+,18?,22+,24-,25-,41?/m0/s1. The van der Waals surface area contributed by atoms with Crippen LogP contribution >= 0.6 is 7.75 Å². The number of carbonyl (C=O) groups is 1. The molecule has 0 radical (unpaired) electrons. The smallest absolute Gasteiger partial charge is 0.459 e. The number of hydrogen-bond acceptors (Lipinski definition) is 12. The van der Waals surface area contributed by atoms with Crippen molar-refractivity contribution in [1.82, 2.24) is 24.6 Å². The number of fused-ring (bicyclic) bond motifs is 2. The van der Waals surface area contributed by atoms with E-state index in [-0.39, 0.29) is 23.4 Å². The largest absolute Gasteiger partial charge is 0.468 e. The first kappa shape index (κ1) is 27.4. The summed E-state index contributed by atoms with van der Waals surface area (Å²) in [6, 6.07) is 7.03.